The predicted molar refractivity (Wildman–Crippen MR) is 71.8 cm³/mol. The quantitative estimate of drug-likeness (QED) is 0.777. The summed E-state index contributed by atoms with van der Waals surface area (Å²) in [6, 6.07) is 8.99. The molecule has 0 spiro atoms. The summed E-state index contributed by atoms with van der Waals surface area (Å²) in [5.74, 6) is 0.570. The fraction of sp³-hybridized carbons (Fsp3) is 0.231. The molecule has 0 saturated carbocycles. The number of para-hydroxylation sites is 1. The highest BCUT2D eigenvalue weighted by Crippen LogP contribution is 2.15. The molecule has 0 aliphatic heterocycles. The molecule has 3 N–H and O–H groups in total. The molecule has 1 aromatic heterocycles. The molecule has 5 nitrogen and oxygen atoms in total. The van der Waals surface area contributed by atoms with E-state index in [4.69, 9.17) is 0 Å². The first-order valence-electron chi connectivity index (χ1n) is 5.87. The van der Waals surface area contributed by atoms with Crippen molar-refractivity contribution in [3.8, 4) is 0 Å². The summed E-state index contributed by atoms with van der Waals surface area (Å²) < 4.78 is 0. The SMILES string of the molecule is CCc1[nH]nc(NC(=O)Nc2ccccc2)c1C. The van der Waals surface area contributed by atoms with Gasteiger partial charge < -0.3 is 5.32 Å². The van der Waals surface area contributed by atoms with Crippen LogP contribution in [-0.4, -0.2) is 16.2 Å². The Labute approximate surface area is 106 Å². The van der Waals surface area contributed by atoms with Gasteiger partial charge in [-0.15, -0.1) is 0 Å². The molecule has 0 unspecified atom stereocenters. The van der Waals surface area contributed by atoms with Crippen molar-refractivity contribution < 1.29 is 4.79 Å². The molecule has 2 amide bonds. The predicted octanol–water partition coefficient (Wildman–Crippen LogP) is 2.92. The number of hydrogen-bond acceptors (Lipinski definition) is 2. The van der Waals surface area contributed by atoms with Crippen LogP contribution in [0.2, 0.25) is 0 Å². The van der Waals surface area contributed by atoms with Crippen molar-refractivity contribution >= 4 is 17.5 Å². The smallest absolute Gasteiger partial charge is 0.308 e. The van der Waals surface area contributed by atoms with E-state index >= 15 is 0 Å². The molecule has 1 aromatic carbocycles. The molecule has 0 atom stereocenters. The maximum atomic E-state index is 11.8. The lowest BCUT2D eigenvalue weighted by molar-refractivity contribution is 0.262. The first kappa shape index (κ1) is 12.2. The van der Waals surface area contributed by atoms with Crippen LogP contribution in [0.3, 0.4) is 0 Å². The van der Waals surface area contributed by atoms with Crippen LogP contribution in [0.15, 0.2) is 30.3 Å². The van der Waals surface area contributed by atoms with E-state index < -0.39 is 0 Å². The van der Waals surface area contributed by atoms with Crippen molar-refractivity contribution in [1.82, 2.24) is 10.2 Å². The average molecular weight is 244 g/mol. The Hall–Kier alpha value is -2.30. The van der Waals surface area contributed by atoms with Gasteiger partial charge in [0.2, 0.25) is 0 Å². The lowest BCUT2D eigenvalue weighted by Crippen LogP contribution is -2.20. The second-order valence-corrected chi connectivity index (χ2v) is 3.97. The van der Waals surface area contributed by atoms with Gasteiger partial charge >= 0.3 is 6.03 Å². The highest BCUT2D eigenvalue weighted by molar-refractivity contribution is 5.99. The van der Waals surface area contributed by atoms with Gasteiger partial charge in [0.15, 0.2) is 5.82 Å². The first-order valence-corrected chi connectivity index (χ1v) is 5.87. The largest absolute Gasteiger partial charge is 0.324 e. The van der Waals surface area contributed by atoms with E-state index in [1.165, 1.54) is 0 Å². The molecule has 18 heavy (non-hydrogen) atoms. The number of benzene rings is 1. The van der Waals surface area contributed by atoms with Gasteiger partial charge in [0.1, 0.15) is 0 Å². The molecule has 0 aliphatic carbocycles. The number of carbonyl (C=O) groups is 1. The highest BCUT2D eigenvalue weighted by Gasteiger charge is 2.10. The van der Waals surface area contributed by atoms with Crippen LogP contribution in [0.4, 0.5) is 16.3 Å². The normalized spacial score (nSPS) is 10.1. The monoisotopic (exact) mass is 244 g/mol. The van der Waals surface area contributed by atoms with Crippen LogP contribution < -0.4 is 10.6 Å². The summed E-state index contributed by atoms with van der Waals surface area (Å²) in [5, 5.41) is 12.4. The van der Waals surface area contributed by atoms with Crippen LogP contribution in [-0.2, 0) is 6.42 Å². The van der Waals surface area contributed by atoms with Gasteiger partial charge in [-0.3, -0.25) is 10.4 Å². The van der Waals surface area contributed by atoms with Gasteiger partial charge in [-0.25, -0.2) is 4.79 Å². The van der Waals surface area contributed by atoms with E-state index in [-0.39, 0.29) is 6.03 Å². The molecule has 1 heterocycles. The lowest BCUT2D eigenvalue weighted by atomic mass is 10.2. The number of hydrogen-bond donors (Lipinski definition) is 3. The van der Waals surface area contributed by atoms with Crippen molar-refractivity contribution in [3.05, 3.63) is 41.6 Å². The van der Waals surface area contributed by atoms with Crippen molar-refractivity contribution in [1.29, 1.82) is 0 Å². The molecule has 0 saturated heterocycles. The Morgan fingerprint density at radius 2 is 2.00 bits per heavy atom. The fourth-order valence-electron chi connectivity index (χ4n) is 1.69. The standard InChI is InChI=1S/C13H16N4O/c1-3-11-9(2)12(17-16-11)15-13(18)14-10-7-5-4-6-8-10/h4-8H,3H2,1-2H3,(H3,14,15,16,17,18). The Kier molecular flexibility index (Phi) is 3.62. The number of carbonyl (C=O) groups excluding carboxylic acids is 1. The molecule has 0 aliphatic rings. The maximum Gasteiger partial charge on any atom is 0.324 e. The minimum absolute atomic E-state index is 0.293. The highest BCUT2D eigenvalue weighted by atomic mass is 16.2. The third kappa shape index (κ3) is 2.68. The number of urea groups is 1. The third-order valence-electron chi connectivity index (χ3n) is 2.73. The van der Waals surface area contributed by atoms with Gasteiger partial charge in [-0.05, 0) is 25.5 Å². The van der Waals surface area contributed by atoms with E-state index in [9.17, 15) is 4.79 Å². The van der Waals surface area contributed by atoms with E-state index in [0.717, 1.165) is 23.4 Å². The van der Waals surface area contributed by atoms with E-state index in [1.54, 1.807) is 0 Å². The summed E-state index contributed by atoms with van der Waals surface area (Å²) in [6.07, 6.45) is 0.862. The van der Waals surface area contributed by atoms with Crippen LogP contribution >= 0.6 is 0 Å². The molecule has 5 heteroatoms. The van der Waals surface area contributed by atoms with Crippen LogP contribution in [0.5, 0.6) is 0 Å². The zero-order valence-electron chi connectivity index (χ0n) is 10.4. The van der Waals surface area contributed by atoms with Crippen molar-refractivity contribution in [2.45, 2.75) is 20.3 Å². The molecule has 0 fully saturated rings. The second kappa shape index (κ2) is 5.35. The fourth-order valence-corrected chi connectivity index (χ4v) is 1.69. The minimum Gasteiger partial charge on any atom is -0.308 e. The average Bonchev–Trinajstić information content (AvgIpc) is 2.71. The number of anilines is 2. The van der Waals surface area contributed by atoms with E-state index in [0.29, 0.717) is 5.82 Å². The topological polar surface area (TPSA) is 69.8 Å². The number of H-pyrrole nitrogens is 1. The zero-order chi connectivity index (χ0) is 13.0. The van der Waals surface area contributed by atoms with Gasteiger partial charge in [0.05, 0.1) is 0 Å². The number of rotatable bonds is 3. The molecule has 0 radical (unpaired) electrons. The maximum absolute atomic E-state index is 11.8. The number of nitrogens with zero attached hydrogens (tertiary/aromatic N) is 1. The Bertz CT molecular complexity index is 533. The Morgan fingerprint density at radius 3 is 2.61 bits per heavy atom. The Morgan fingerprint density at radius 1 is 1.28 bits per heavy atom. The molecule has 0 bridgehead atoms. The van der Waals surface area contributed by atoms with Crippen molar-refractivity contribution in [3.63, 3.8) is 0 Å². The molecule has 2 rings (SSSR count). The van der Waals surface area contributed by atoms with Gasteiger partial charge in [0.25, 0.3) is 0 Å². The van der Waals surface area contributed by atoms with Crippen molar-refractivity contribution in [2.24, 2.45) is 0 Å². The van der Waals surface area contributed by atoms with Crippen molar-refractivity contribution in [2.75, 3.05) is 10.6 Å². The van der Waals surface area contributed by atoms with Gasteiger partial charge in [-0.2, -0.15) is 5.10 Å². The number of aromatic nitrogens is 2. The second-order valence-electron chi connectivity index (χ2n) is 3.97. The molecule has 2 aromatic rings. The summed E-state index contributed by atoms with van der Waals surface area (Å²) in [4.78, 5) is 11.8. The van der Waals surface area contributed by atoms with Gasteiger partial charge in [-0.1, -0.05) is 25.1 Å². The van der Waals surface area contributed by atoms with E-state index in [2.05, 4.69) is 20.8 Å². The number of amides is 2. The summed E-state index contributed by atoms with van der Waals surface area (Å²) in [6.45, 7) is 3.97. The number of aromatic amines is 1. The van der Waals surface area contributed by atoms with Crippen LogP contribution in [0.1, 0.15) is 18.2 Å². The van der Waals surface area contributed by atoms with E-state index in [1.807, 2.05) is 44.2 Å². The summed E-state index contributed by atoms with van der Waals surface area (Å²) in [7, 11) is 0. The lowest BCUT2D eigenvalue weighted by Gasteiger charge is -2.05. The van der Waals surface area contributed by atoms with Crippen LogP contribution in [0.25, 0.3) is 0 Å². The summed E-state index contributed by atoms with van der Waals surface area (Å²) in [5.41, 5.74) is 2.75. The number of nitrogens with one attached hydrogen (secondary N) is 3. The molecular weight excluding hydrogens is 228 g/mol. The zero-order valence-corrected chi connectivity index (χ0v) is 10.4. The Balaban J connectivity index is 2.01. The minimum atomic E-state index is -0.293. The van der Waals surface area contributed by atoms with Crippen LogP contribution in [0, 0.1) is 6.92 Å². The summed E-state index contributed by atoms with van der Waals surface area (Å²) >= 11 is 0. The number of aryl methyl sites for hydroxylation is 1. The van der Waals surface area contributed by atoms with Gasteiger partial charge in [0, 0.05) is 16.9 Å². The molecule has 94 valence electrons. The third-order valence-corrected chi connectivity index (χ3v) is 2.73. The molecular formula is C13H16N4O. The first-order chi connectivity index (χ1) is 8.70.